The number of hydrogen-bond acceptors (Lipinski definition) is 3. The summed E-state index contributed by atoms with van der Waals surface area (Å²) in [6, 6.07) is 2.05. The van der Waals surface area contributed by atoms with Crippen LogP contribution in [-0.4, -0.2) is 36.5 Å². The van der Waals surface area contributed by atoms with E-state index < -0.39 is 0 Å². The number of hydrogen-bond donors (Lipinski definition) is 1. The molecule has 0 aliphatic carbocycles. The van der Waals surface area contributed by atoms with Crippen LogP contribution in [0, 0.1) is 0 Å². The van der Waals surface area contributed by atoms with Crippen molar-refractivity contribution in [2.24, 2.45) is 0 Å². The number of nitrogens with one attached hydrogen (secondary N) is 1. The first-order valence-corrected chi connectivity index (χ1v) is 6.78. The number of halogens is 2. The monoisotopic (exact) mass is 336 g/mol. The zero-order valence-corrected chi connectivity index (χ0v) is 12.7. The average Bonchev–Trinajstić information content (AvgIpc) is 2.95. The minimum atomic E-state index is -0.0163. The zero-order chi connectivity index (χ0) is 12.3. The first kappa shape index (κ1) is 15.5. The summed E-state index contributed by atoms with van der Waals surface area (Å²) in [6.45, 7) is 4.72. The Morgan fingerprint density at radius 1 is 1.67 bits per heavy atom. The highest BCUT2D eigenvalue weighted by Crippen LogP contribution is 2.21. The molecule has 0 spiro atoms. The van der Waals surface area contributed by atoms with Gasteiger partial charge in [-0.25, -0.2) is 0 Å². The van der Waals surface area contributed by atoms with Crippen molar-refractivity contribution in [3.8, 4) is 0 Å². The third-order valence-electron chi connectivity index (χ3n) is 3.01. The Labute approximate surface area is 122 Å². The summed E-state index contributed by atoms with van der Waals surface area (Å²) >= 11 is 3.34. The molecule has 1 unspecified atom stereocenters. The first-order chi connectivity index (χ1) is 8.24. The number of furan rings is 1. The van der Waals surface area contributed by atoms with Crippen LogP contribution in [-0.2, 0) is 0 Å². The van der Waals surface area contributed by atoms with Gasteiger partial charge in [0, 0.05) is 19.1 Å². The molecule has 1 aliphatic heterocycles. The van der Waals surface area contributed by atoms with E-state index in [1.54, 1.807) is 6.07 Å². The number of nitrogens with zero attached hydrogens (tertiary/aromatic N) is 1. The smallest absolute Gasteiger partial charge is 0.291 e. The second-order valence-corrected chi connectivity index (χ2v) is 5.10. The van der Waals surface area contributed by atoms with Crippen LogP contribution in [0.4, 0.5) is 0 Å². The quantitative estimate of drug-likeness (QED) is 0.919. The highest BCUT2D eigenvalue weighted by atomic mass is 79.9. The highest BCUT2D eigenvalue weighted by molar-refractivity contribution is 9.10. The standard InChI is InChI=1S/C12H17BrN2O2.ClH/c1-2-6-15(9-3-5-14-8-9)12(16)11-10(13)4-7-17-11;/h4,7,9,14H,2-3,5-6,8H2,1H3;1H. The van der Waals surface area contributed by atoms with Crippen LogP contribution in [0.1, 0.15) is 30.3 Å². The van der Waals surface area contributed by atoms with Crippen molar-refractivity contribution in [1.82, 2.24) is 10.2 Å². The summed E-state index contributed by atoms with van der Waals surface area (Å²) in [6.07, 6.45) is 3.51. The van der Waals surface area contributed by atoms with E-state index in [1.165, 1.54) is 6.26 Å². The van der Waals surface area contributed by atoms with Crippen LogP contribution < -0.4 is 5.32 Å². The van der Waals surface area contributed by atoms with Crippen LogP contribution >= 0.6 is 28.3 Å². The molecular formula is C12H18BrClN2O2. The van der Waals surface area contributed by atoms with Gasteiger partial charge in [-0.3, -0.25) is 4.79 Å². The fourth-order valence-corrected chi connectivity index (χ4v) is 2.54. The summed E-state index contributed by atoms with van der Waals surface area (Å²) in [5.41, 5.74) is 0. The van der Waals surface area contributed by atoms with Crippen molar-refractivity contribution >= 4 is 34.2 Å². The first-order valence-electron chi connectivity index (χ1n) is 5.98. The van der Waals surface area contributed by atoms with Crippen LogP contribution in [0.5, 0.6) is 0 Å². The van der Waals surface area contributed by atoms with E-state index in [0.717, 1.165) is 36.9 Å². The summed E-state index contributed by atoms with van der Waals surface area (Å²) in [4.78, 5) is 14.3. The van der Waals surface area contributed by atoms with Gasteiger partial charge in [-0.1, -0.05) is 6.92 Å². The van der Waals surface area contributed by atoms with E-state index in [4.69, 9.17) is 4.42 Å². The fraction of sp³-hybridized carbons (Fsp3) is 0.583. The van der Waals surface area contributed by atoms with Gasteiger partial charge in [0.05, 0.1) is 10.7 Å². The molecule has 2 rings (SSSR count). The zero-order valence-electron chi connectivity index (χ0n) is 10.3. The number of carbonyl (C=O) groups is 1. The van der Waals surface area contributed by atoms with Crippen LogP contribution in [0.3, 0.4) is 0 Å². The number of carbonyl (C=O) groups excluding carboxylic acids is 1. The lowest BCUT2D eigenvalue weighted by Gasteiger charge is -2.27. The average molecular weight is 338 g/mol. The molecule has 0 aromatic carbocycles. The molecule has 1 aromatic rings. The van der Waals surface area contributed by atoms with Crippen LogP contribution in [0.15, 0.2) is 21.2 Å². The number of rotatable bonds is 4. The maximum Gasteiger partial charge on any atom is 0.291 e. The van der Waals surface area contributed by atoms with Gasteiger partial charge < -0.3 is 14.6 Å². The molecular weight excluding hydrogens is 320 g/mol. The lowest BCUT2D eigenvalue weighted by molar-refractivity contribution is 0.0658. The Kier molecular flexibility index (Phi) is 6.18. The van der Waals surface area contributed by atoms with Crippen molar-refractivity contribution in [2.75, 3.05) is 19.6 Å². The molecule has 102 valence electrons. The molecule has 18 heavy (non-hydrogen) atoms. The molecule has 2 heterocycles. The molecule has 1 N–H and O–H groups in total. The summed E-state index contributed by atoms with van der Waals surface area (Å²) in [5.74, 6) is 0.391. The van der Waals surface area contributed by atoms with Gasteiger partial charge in [0.25, 0.3) is 5.91 Å². The lowest BCUT2D eigenvalue weighted by Crippen LogP contribution is -2.42. The van der Waals surface area contributed by atoms with Gasteiger partial charge in [0.1, 0.15) is 0 Å². The van der Waals surface area contributed by atoms with Crippen molar-refractivity contribution < 1.29 is 9.21 Å². The van der Waals surface area contributed by atoms with Crippen molar-refractivity contribution in [3.05, 3.63) is 22.6 Å². The van der Waals surface area contributed by atoms with Crippen molar-refractivity contribution in [3.63, 3.8) is 0 Å². The van der Waals surface area contributed by atoms with E-state index in [1.807, 2.05) is 4.90 Å². The second-order valence-electron chi connectivity index (χ2n) is 4.24. The maximum absolute atomic E-state index is 12.4. The predicted molar refractivity (Wildman–Crippen MR) is 76.3 cm³/mol. The topological polar surface area (TPSA) is 45.5 Å². The third kappa shape index (κ3) is 3.28. The molecule has 0 saturated carbocycles. The largest absolute Gasteiger partial charge is 0.458 e. The van der Waals surface area contributed by atoms with E-state index in [2.05, 4.69) is 28.2 Å². The van der Waals surface area contributed by atoms with Crippen LogP contribution in [0.2, 0.25) is 0 Å². The van der Waals surface area contributed by atoms with Gasteiger partial charge in [0.2, 0.25) is 5.76 Å². The van der Waals surface area contributed by atoms with E-state index in [-0.39, 0.29) is 18.3 Å². The van der Waals surface area contributed by atoms with E-state index in [9.17, 15) is 4.79 Å². The summed E-state index contributed by atoms with van der Waals surface area (Å²) < 4.78 is 5.99. The fourth-order valence-electron chi connectivity index (χ4n) is 2.17. The van der Waals surface area contributed by atoms with Crippen LogP contribution in [0.25, 0.3) is 0 Å². The van der Waals surface area contributed by atoms with E-state index >= 15 is 0 Å². The van der Waals surface area contributed by atoms with Gasteiger partial charge in [-0.2, -0.15) is 0 Å². The lowest BCUT2D eigenvalue weighted by atomic mass is 10.2. The minimum Gasteiger partial charge on any atom is -0.458 e. The summed E-state index contributed by atoms with van der Waals surface area (Å²) in [7, 11) is 0. The van der Waals surface area contributed by atoms with Gasteiger partial charge in [-0.05, 0) is 41.4 Å². The van der Waals surface area contributed by atoms with Crippen molar-refractivity contribution in [2.45, 2.75) is 25.8 Å². The third-order valence-corrected chi connectivity index (χ3v) is 3.64. The molecule has 6 heteroatoms. The second kappa shape index (κ2) is 7.16. The normalized spacial score (nSPS) is 18.4. The van der Waals surface area contributed by atoms with Crippen molar-refractivity contribution in [1.29, 1.82) is 0 Å². The predicted octanol–water partition coefficient (Wildman–Crippen LogP) is 2.68. The Morgan fingerprint density at radius 3 is 2.94 bits per heavy atom. The molecule has 1 fully saturated rings. The molecule has 0 bridgehead atoms. The molecule has 1 aromatic heterocycles. The number of amides is 1. The van der Waals surface area contributed by atoms with Gasteiger partial charge in [-0.15, -0.1) is 12.4 Å². The maximum atomic E-state index is 12.4. The Hall–Kier alpha value is -0.520. The molecule has 4 nitrogen and oxygen atoms in total. The molecule has 1 amide bonds. The molecule has 0 radical (unpaired) electrons. The summed E-state index contributed by atoms with van der Waals surface area (Å²) in [5, 5.41) is 3.29. The Morgan fingerprint density at radius 2 is 2.44 bits per heavy atom. The SMILES string of the molecule is CCCN(C(=O)c1occc1Br)C1CCNC1.Cl. The van der Waals surface area contributed by atoms with Gasteiger partial charge >= 0.3 is 0 Å². The molecule has 1 saturated heterocycles. The Balaban J connectivity index is 0.00000162. The molecule has 1 atom stereocenters. The van der Waals surface area contributed by atoms with Gasteiger partial charge in [0.15, 0.2) is 0 Å². The van der Waals surface area contributed by atoms with E-state index in [0.29, 0.717) is 11.8 Å². The Bertz CT molecular complexity index is 391. The highest BCUT2D eigenvalue weighted by Gasteiger charge is 2.29. The minimum absolute atomic E-state index is 0. The molecule has 1 aliphatic rings.